The molecule has 3 aromatic rings. The molecular weight excluding hydrogens is 612 g/mol. The number of carbonyl (C=O) groups excluding carboxylic acids is 1. The van der Waals surface area contributed by atoms with E-state index in [2.05, 4.69) is 37.2 Å². The summed E-state index contributed by atoms with van der Waals surface area (Å²) in [5.41, 5.74) is 0.360. The molecule has 0 aliphatic heterocycles. The first-order chi connectivity index (χ1) is 16.1. The van der Waals surface area contributed by atoms with Gasteiger partial charge in [0.2, 0.25) is 0 Å². The molecule has 0 aromatic heterocycles. The fourth-order valence-electron chi connectivity index (χ4n) is 2.71. The summed E-state index contributed by atoms with van der Waals surface area (Å²) < 4.78 is 36.9. The van der Waals surface area contributed by atoms with E-state index >= 15 is 0 Å². The number of amides is 1. The molecule has 1 N–H and O–H groups in total. The summed E-state index contributed by atoms with van der Waals surface area (Å²) in [5, 5.41) is 12.6. The van der Waals surface area contributed by atoms with Gasteiger partial charge in [0, 0.05) is 20.7 Å². The number of anilines is 1. The molecule has 0 aliphatic rings. The van der Waals surface area contributed by atoms with Gasteiger partial charge in [-0.2, -0.15) is 13.7 Å². The molecule has 0 spiro atoms. The average Bonchev–Trinajstić information content (AvgIpc) is 2.80. The second-order valence-electron chi connectivity index (χ2n) is 6.65. The molecule has 7 nitrogen and oxygen atoms in total. The number of halogens is 3. The van der Waals surface area contributed by atoms with Gasteiger partial charge in [0.1, 0.15) is 22.3 Å². The van der Waals surface area contributed by atoms with Crippen molar-refractivity contribution in [1.82, 2.24) is 0 Å². The fourth-order valence-corrected chi connectivity index (χ4v) is 5.25. The lowest BCUT2D eigenvalue weighted by Crippen LogP contribution is -2.14. The zero-order chi connectivity index (χ0) is 24.9. The molecule has 0 saturated carbocycles. The van der Waals surface area contributed by atoms with Crippen molar-refractivity contribution >= 4 is 71.2 Å². The van der Waals surface area contributed by atoms with Gasteiger partial charge in [-0.3, -0.25) is 4.79 Å². The molecule has 0 bridgehead atoms. The van der Waals surface area contributed by atoms with Crippen LogP contribution in [0.15, 0.2) is 80.1 Å². The van der Waals surface area contributed by atoms with Gasteiger partial charge in [0.05, 0.1) is 11.6 Å². The van der Waals surface area contributed by atoms with Crippen molar-refractivity contribution in [3.63, 3.8) is 0 Å². The Morgan fingerprint density at radius 1 is 1.09 bits per heavy atom. The zero-order valence-corrected chi connectivity index (χ0v) is 22.1. The van der Waals surface area contributed by atoms with Crippen molar-refractivity contribution < 1.29 is 22.1 Å². The number of hydrogen-bond donors (Lipinski definition) is 1. The van der Waals surface area contributed by atoms with Crippen molar-refractivity contribution in [2.24, 2.45) is 0 Å². The van der Waals surface area contributed by atoms with Crippen molar-refractivity contribution in [2.45, 2.75) is 4.90 Å². The van der Waals surface area contributed by atoms with E-state index in [0.717, 1.165) is 0 Å². The van der Waals surface area contributed by atoms with Crippen LogP contribution in [-0.4, -0.2) is 21.4 Å². The van der Waals surface area contributed by atoms with Gasteiger partial charge in [0.25, 0.3) is 5.91 Å². The van der Waals surface area contributed by atoms with Gasteiger partial charge in [-0.15, -0.1) is 0 Å². The molecule has 0 heterocycles. The van der Waals surface area contributed by atoms with E-state index < -0.39 is 16.0 Å². The van der Waals surface area contributed by atoms with Gasteiger partial charge in [-0.05, 0) is 82.7 Å². The molecule has 0 unspecified atom stereocenters. The van der Waals surface area contributed by atoms with Gasteiger partial charge < -0.3 is 14.2 Å². The maximum absolute atomic E-state index is 12.8. The summed E-state index contributed by atoms with van der Waals surface area (Å²) in [6, 6.07) is 17.0. The molecule has 11 heteroatoms. The number of carbonyl (C=O) groups is 1. The van der Waals surface area contributed by atoms with Crippen LogP contribution >= 0.6 is 43.5 Å². The lowest BCUT2D eigenvalue weighted by atomic mass is 10.1. The molecule has 0 atom stereocenters. The highest BCUT2D eigenvalue weighted by Gasteiger charge is 2.22. The molecule has 174 valence electrons. The fraction of sp³-hybridized carbons (Fsp3) is 0.0435. The van der Waals surface area contributed by atoms with E-state index in [0.29, 0.717) is 25.4 Å². The summed E-state index contributed by atoms with van der Waals surface area (Å²) >= 11 is 12.4. The second kappa shape index (κ2) is 11.1. The SMILES string of the molecule is COc1ccc(NC(=O)/C(C#N)=C/c2cc(Br)cc(Br)c2OS(=O)(=O)c2ccc(Cl)cc2)cc1. The number of hydrogen-bond acceptors (Lipinski definition) is 6. The molecular formula is C23H15Br2ClN2O5S. The maximum Gasteiger partial charge on any atom is 0.339 e. The second-order valence-corrected chi connectivity index (χ2v) is 10.4. The lowest BCUT2D eigenvalue weighted by Gasteiger charge is -2.13. The van der Waals surface area contributed by atoms with Crippen molar-refractivity contribution in [1.29, 1.82) is 5.26 Å². The number of nitrogens with one attached hydrogen (secondary N) is 1. The van der Waals surface area contributed by atoms with Crippen molar-refractivity contribution in [3.05, 3.63) is 85.8 Å². The van der Waals surface area contributed by atoms with Crippen LogP contribution in [0.25, 0.3) is 6.08 Å². The Labute approximate surface area is 218 Å². The highest BCUT2D eigenvalue weighted by atomic mass is 79.9. The lowest BCUT2D eigenvalue weighted by molar-refractivity contribution is -0.112. The Morgan fingerprint density at radius 2 is 1.74 bits per heavy atom. The molecule has 34 heavy (non-hydrogen) atoms. The van der Waals surface area contributed by atoms with Crippen molar-refractivity contribution in [3.8, 4) is 17.6 Å². The van der Waals surface area contributed by atoms with E-state index in [1.165, 1.54) is 43.5 Å². The van der Waals surface area contributed by atoms with Crippen LogP contribution in [0.1, 0.15) is 5.56 Å². The van der Waals surface area contributed by atoms with Gasteiger partial charge in [-0.25, -0.2) is 0 Å². The average molecular weight is 627 g/mol. The Kier molecular flexibility index (Phi) is 8.38. The summed E-state index contributed by atoms with van der Waals surface area (Å²) in [6.07, 6.45) is 1.24. The summed E-state index contributed by atoms with van der Waals surface area (Å²) in [6.45, 7) is 0. The third-order valence-electron chi connectivity index (χ3n) is 4.35. The minimum atomic E-state index is -4.23. The first-order valence-corrected chi connectivity index (χ1v) is 12.8. The van der Waals surface area contributed by atoms with Crippen LogP contribution in [-0.2, 0) is 14.9 Å². The largest absolute Gasteiger partial charge is 0.497 e. The minimum absolute atomic E-state index is 0.0943. The van der Waals surface area contributed by atoms with E-state index in [1.807, 2.05) is 6.07 Å². The van der Waals surface area contributed by atoms with Crippen LogP contribution in [0.3, 0.4) is 0 Å². The molecule has 0 radical (unpaired) electrons. The number of methoxy groups -OCH3 is 1. The van der Waals surface area contributed by atoms with Crippen LogP contribution < -0.4 is 14.2 Å². The quantitative estimate of drug-likeness (QED) is 0.191. The molecule has 0 saturated heterocycles. The standard InChI is InChI=1S/C23H15Br2ClN2O5S/c1-32-19-6-4-18(5-7-19)28-23(29)15(13-27)10-14-11-16(24)12-21(25)22(14)33-34(30,31)20-8-2-17(26)3-9-20/h2-12H,1H3,(H,28,29)/b15-10+. The van der Waals surface area contributed by atoms with E-state index in [1.54, 1.807) is 30.3 Å². The van der Waals surface area contributed by atoms with E-state index in [4.69, 9.17) is 20.5 Å². The first-order valence-electron chi connectivity index (χ1n) is 9.39. The Morgan fingerprint density at radius 3 is 2.32 bits per heavy atom. The first kappa shape index (κ1) is 25.8. The number of ether oxygens (including phenoxy) is 1. The molecule has 0 fully saturated rings. The monoisotopic (exact) mass is 624 g/mol. The van der Waals surface area contributed by atoms with E-state index in [9.17, 15) is 18.5 Å². The predicted molar refractivity (Wildman–Crippen MR) is 136 cm³/mol. The summed E-state index contributed by atoms with van der Waals surface area (Å²) in [5.74, 6) is -0.171. The highest BCUT2D eigenvalue weighted by molar-refractivity contribution is 9.11. The highest BCUT2D eigenvalue weighted by Crippen LogP contribution is 2.36. The third kappa shape index (κ3) is 6.39. The van der Waals surface area contributed by atoms with Gasteiger partial charge >= 0.3 is 10.1 Å². The number of nitrogens with zero attached hydrogens (tertiary/aromatic N) is 1. The summed E-state index contributed by atoms with van der Waals surface area (Å²) in [7, 11) is -2.71. The summed E-state index contributed by atoms with van der Waals surface area (Å²) in [4.78, 5) is 12.6. The molecule has 1 amide bonds. The Bertz CT molecular complexity index is 1400. The van der Waals surface area contributed by atoms with Crippen molar-refractivity contribution in [2.75, 3.05) is 12.4 Å². The van der Waals surface area contributed by atoms with Gasteiger partial charge in [-0.1, -0.05) is 27.5 Å². The Balaban J connectivity index is 1.96. The molecule has 3 aromatic carbocycles. The minimum Gasteiger partial charge on any atom is -0.497 e. The number of nitriles is 1. The molecule has 3 rings (SSSR count). The van der Waals surface area contributed by atoms with Crippen LogP contribution in [0.4, 0.5) is 5.69 Å². The number of benzene rings is 3. The zero-order valence-electron chi connectivity index (χ0n) is 17.4. The smallest absolute Gasteiger partial charge is 0.339 e. The normalized spacial score (nSPS) is 11.4. The number of rotatable bonds is 7. The van der Waals surface area contributed by atoms with E-state index in [-0.39, 0.29) is 21.8 Å². The van der Waals surface area contributed by atoms with Crippen LogP contribution in [0, 0.1) is 11.3 Å². The van der Waals surface area contributed by atoms with Crippen LogP contribution in [0.2, 0.25) is 5.02 Å². The Hall–Kier alpha value is -2.84. The third-order valence-corrected chi connectivity index (χ3v) is 6.88. The topological polar surface area (TPSA) is 105 Å². The maximum atomic E-state index is 12.8. The predicted octanol–water partition coefficient (Wildman–Crippen LogP) is 6.19. The van der Waals surface area contributed by atoms with Gasteiger partial charge in [0.15, 0.2) is 5.75 Å². The van der Waals surface area contributed by atoms with Crippen LogP contribution in [0.5, 0.6) is 11.5 Å². The molecule has 0 aliphatic carbocycles.